The molecule has 2 heterocycles. The second kappa shape index (κ2) is 10.3. The van der Waals surface area contributed by atoms with Crippen LogP contribution < -0.4 is 0 Å². The minimum absolute atomic E-state index is 0.0289. The summed E-state index contributed by atoms with van der Waals surface area (Å²) in [6, 6.07) is 0. The lowest BCUT2D eigenvalue weighted by atomic mass is 9.50. The van der Waals surface area contributed by atoms with Crippen LogP contribution in [0.3, 0.4) is 0 Å². The summed E-state index contributed by atoms with van der Waals surface area (Å²) in [5.41, 5.74) is 1.37. The first kappa shape index (κ1) is 28.6. The van der Waals surface area contributed by atoms with Gasteiger partial charge in [0.25, 0.3) is 0 Å². The molecule has 2 N–H and O–H groups in total. The SMILES string of the molecule is CC[C@H]1C[C@@]2(C)[C@@H](CC[C@@]2(O)CCCOC2CCCOC2)[C@@H]2CC[C@@]3(O)CC4(CCC3=C12)OCC(C)(C)CO4. The number of hydrogen-bond donors (Lipinski definition) is 2. The highest BCUT2D eigenvalue weighted by Gasteiger charge is 2.64. The van der Waals surface area contributed by atoms with Crippen LogP contribution in [0.25, 0.3) is 0 Å². The Kier molecular flexibility index (Phi) is 7.59. The Morgan fingerprint density at radius 1 is 1.00 bits per heavy atom. The van der Waals surface area contributed by atoms with Crippen LogP contribution >= 0.6 is 0 Å². The summed E-state index contributed by atoms with van der Waals surface area (Å²) in [5.74, 6) is 0.768. The number of allylic oxidation sites excluding steroid dienone is 1. The van der Waals surface area contributed by atoms with Gasteiger partial charge >= 0.3 is 0 Å². The molecule has 5 fully saturated rings. The van der Waals surface area contributed by atoms with Crippen molar-refractivity contribution >= 4 is 0 Å². The number of ether oxygens (including phenoxy) is 4. The quantitative estimate of drug-likeness (QED) is 0.318. The van der Waals surface area contributed by atoms with Crippen molar-refractivity contribution in [2.45, 2.75) is 134 Å². The lowest BCUT2D eigenvalue weighted by Crippen LogP contribution is -2.58. The summed E-state index contributed by atoms with van der Waals surface area (Å²) < 4.78 is 24.4. The minimum Gasteiger partial charge on any atom is -0.389 e. The first-order valence-corrected chi connectivity index (χ1v) is 16.2. The lowest BCUT2D eigenvalue weighted by Gasteiger charge is -2.58. The third-order valence-corrected chi connectivity index (χ3v) is 12.0. The van der Waals surface area contributed by atoms with E-state index in [2.05, 4.69) is 27.7 Å². The van der Waals surface area contributed by atoms with Crippen LogP contribution in [0, 0.1) is 28.6 Å². The van der Waals surface area contributed by atoms with E-state index in [0.29, 0.717) is 50.6 Å². The smallest absolute Gasteiger partial charge is 0.171 e. The Bertz CT molecular complexity index is 928. The monoisotopic (exact) mass is 546 g/mol. The lowest BCUT2D eigenvalue weighted by molar-refractivity contribution is -0.322. The fourth-order valence-corrected chi connectivity index (χ4v) is 9.75. The second-order valence-corrected chi connectivity index (χ2v) is 15.2. The maximum atomic E-state index is 12.2. The van der Waals surface area contributed by atoms with Gasteiger partial charge in [0.05, 0.1) is 37.1 Å². The van der Waals surface area contributed by atoms with Crippen LogP contribution in [0.1, 0.15) is 111 Å². The van der Waals surface area contributed by atoms with Crippen molar-refractivity contribution in [3.8, 4) is 0 Å². The topological polar surface area (TPSA) is 77.4 Å². The summed E-state index contributed by atoms with van der Waals surface area (Å²) in [5, 5.41) is 24.4. The van der Waals surface area contributed by atoms with Crippen LogP contribution in [0.2, 0.25) is 0 Å². The van der Waals surface area contributed by atoms with Crippen LogP contribution in [0.4, 0.5) is 0 Å². The highest BCUT2D eigenvalue weighted by molar-refractivity contribution is 5.37. The van der Waals surface area contributed by atoms with E-state index in [1.165, 1.54) is 5.57 Å². The van der Waals surface area contributed by atoms with Crippen LogP contribution in [0.15, 0.2) is 11.1 Å². The van der Waals surface area contributed by atoms with E-state index in [4.69, 9.17) is 18.9 Å². The molecule has 6 nitrogen and oxygen atoms in total. The fraction of sp³-hybridized carbons (Fsp3) is 0.939. The van der Waals surface area contributed by atoms with E-state index in [1.54, 1.807) is 5.57 Å². The van der Waals surface area contributed by atoms with Crippen LogP contribution in [-0.4, -0.2) is 66.3 Å². The van der Waals surface area contributed by atoms with E-state index in [9.17, 15) is 10.2 Å². The van der Waals surface area contributed by atoms with Crippen molar-refractivity contribution in [3.05, 3.63) is 11.1 Å². The highest BCUT2D eigenvalue weighted by Crippen LogP contribution is 2.67. The van der Waals surface area contributed by atoms with Gasteiger partial charge in [-0.1, -0.05) is 33.3 Å². The first-order chi connectivity index (χ1) is 18.5. The zero-order valence-electron chi connectivity index (χ0n) is 25.1. The molecule has 0 amide bonds. The molecule has 7 atom stereocenters. The Hall–Kier alpha value is -0.500. The van der Waals surface area contributed by atoms with Gasteiger partial charge in [0, 0.05) is 36.9 Å². The van der Waals surface area contributed by atoms with Crippen LogP contribution in [0.5, 0.6) is 0 Å². The van der Waals surface area contributed by atoms with Gasteiger partial charge in [-0.3, -0.25) is 0 Å². The number of fused-ring (bicyclic) bond motifs is 4. The molecule has 222 valence electrons. The van der Waals surface area contributed by atoms with Gasteiger partial charge in [-0.2, -0.15) is 0 Å². The maximum absolute atomic E-state index is 12.2. The first-order valence-electron chi connectivity index (χ1n) is 16.2. The van der Waals surface area contributed by atoms with Crippen molar-refractivity contribution in [1.82, 2.24) is 0 Å². The minimum atomic E-state index is -0.818. The summed E-state index contributed by atoms with van der Waals surface area (Å²) in [6.07, 6.45) is 12.3. The average molecular weight is 547 g/mol. The maximum Gasteiger partial charge on any atom is 0.171 e. The molecule has 6 aliphatic rings. The second-order valence-electron chi connectivity index (χ2n) is 15.2. The molecule has 2 saturated heterocycles. The molecule has 1 unspecified atom stereocenters. The van der Waals surface area contributed by atoms with E-state index in [-0.39, 0.29) is 16.9 Å². The molecular formula is C33H54O6. The normalized spacial score (nSPS) is 45.1. The van der Waals surface area contributed by atoms with Crippen molar-refractivity contribution in [3.63, 3.8) is 0 Å². The van der Waals surface area contributed by atoms with Crippen molar-refractivity contribution in [1.29, 1.82) is 0 Å². The van der Waals surface area contributed by atoms with Crippen molar-refractivity contribution < 1.29 is 29.2 Å². The van der Waals surface area contributed by atoms with Gasteiger partial charge in [-0.25, -0.2) is 0 Å². The Labute approximate surface area is 236 Å². The largest absolute Gasteiger partial charge is 0.389 e. The zero-order chi connectivity index (χ0) is 27.5. The molecule has 6 heteroatoms. The molecule has 0 bridgehead atoms. The number of rotatable bonds is 6. The third-order valence-electron chi connectivity index (χ3n) is 12.0. The predicted octanol–water partition coefficient (Wildman–Crippen LogP) is 5.93. The summed E-state index contributed by atoms with van der Waals surface area (Å²) >= 11 is 0. The molecule has 6 rings (SSSR count). The zero-order valence-corrected chi connectivity index (χ0v) is 25.1. The van der Waals surface area contributed by atoms with Gasteiger partial charge in [-0.15, -0.1) is 0 Å². The third kappa shape index (κ3) is 4.97. The van der Waals surface area contributed by atoms with Crippen molar-refractivity contribution in [2.75, 3.05) is 33.0 Å². The molecule has 1 spiro atoms. The fourth-order valence-electron chi connectivity index (χ4n) is 9.75. The summed E-state index contributed by atoms with van der Waals surface area (Å²) in [4.78, 5) is 0. The van der Waals surface area contributed by atoms with E-state index >= 15 is 0 Å². The standard InChI is InChI=1S/C33H54O6/c1-5-23-18-30(4)26(10-14-32(30,35)12-7-17-37-24-8-6-16-36-19-24)25-9-13-31(34)20-33(15-11-27(31)28(23)25)38-21-29(2,3)22-39-33/h23-26,34-35H,5-22H2,1-4H3/t23-,24?,25-,26-,30-,31+,32-/m0/s1. The Balaban J connectivity index is 1.18. The molecule has 39 heavy (non-hydrogen) atoms. The highest BCUT2D eigenvalue weighted by atomic mass is 16.7. The molecule has 0 radical (unpaired) electrons. The van der Waals surface area contributed by atoms with Gasteiger partial charge < -0.3 is 29.2 Å². The van der Waals surface area contributed by atoms with E-state index < -0.39 is 17.0 Å². The predicted molar refractivity (Wildman–Crippen MR) is 150 cm³/mol. The van der Waals surface area contributed by atoms with Gasteiger partial charge in [0.2, 0.25) is 0 Å². The van der Waals surface area contributed by atoms with Crippen LogP contribution in [-0.2, 0) is 18.9 Å². The molecule has 4 aliphatic carbocycles. The molecule has 3 saturated carbocycles. The number of aliphatic hydroxyl groups is 2. The molecular weight excluding hydrogens is 492 g/mol. The van der Waals surface area contributed by atoms with Gasteiger partial charge in [0.1, 0.15) is 0 Å². The molecule has 2 aliphatic heterocycles. The Morgan fingerprint density at radius 2 is 1.79 bits per heavy atom. The summed E-state index contributed by atoms with van der Waals surface area (Å²) in [6.45, 7) is 12.7. The molecule has 0 aromatic heterocycles. The molecule has 0 aromatic carbocycles. The van der Waals surface area contributed by atoms with Crippen molar-refractivity contribution in [2.24, 2.45) is 28.6 Å². The van der Waals surface area contributed by atoms with Gasteiger partial charge in [-0.05, 0) is 94.0 Å². The molecule has 0 aromatic rings. The van der Waals surface area contributed by atoms with E-state index in [0.717, 1.165) is 83.7 Å². The Morgan fingerprint density at radius 3 is 2.51 bits per heavy atom. The van der Waals surface area contributed by atoms with E-state index in [1.807, 2.05) is 0 Å². The average Bonchev–Trinajstić information content (AvgIpc) is 3.18. The summed E-state index contributed by atoms with van der Waals surface area (Å²) in [7, 11) is 0. The van der Waals surface area contributed by atoms with Gasteiger partial charge in [0.15, 0.2) is 5.79 Å². The number of hydrogen-bond acceptors (Lipinski definition) is 6.